The van der Waals surface area contributed by atoms with E-state index in [1.54, 1.807) is 11.3 Å². The molecule has 2 aromatic heterocycles. The fraction of sp³-hybridized carbons (Fsp3) is 0.550. The quantitative estimate of drug-likeness (QED) is 0.790. The van der Waals surface area contributed by atoms with Gasteiger partial charge in [0.1, 0.15) is 11.3 Å². The van der Waals surface area contributed by atoms with E-state index < -0.39 is 0 Å². The first-order valence-electron chi connectivity index (χ1n) is 9.64. The van der Waals surface area contributed by atoms with Crippen molar-refractivity contribution in [3.05, 3.63) is 39.4 Å². The summed E-state index contributed by atoms with van der Waals surface area (Å²) in [4.78, 5) is 30.7. The van der Waals surface area contributed by atoms with Gasteiger partial charge in [-0.2, -0.15) is 0 Å². The third-order valence-electron chi connectivity index (χ3n) is 5.28. The molecule has 0 saturated carbocycles. The molecule has 2 amide bonds. The van der Waals surface area contributed by atoms with Gasteiger partial charge < -0.3 is 14.3 Å². The van der Waals surface area contributed by atoms with Crippen LogP contribution in [0.3, 0.4) is 0 Å². The first-order valence-corrected chi connectivity index (χ1v) is 10.5. The van der Waals surface area contributed by atoms with Crippen molar-refractivity contribution < 1.29 is 14.1 Å². The molecule has 6 nitrogen and oxygen atoms in total. The molecule has 4 rings (SSSR count). The second kappa shape index (κ2) is 7.46. The second-order valence-corrected chi connectivity index (χ2v) is 8.79. The van der Waals surface area contributed by atoms with Crippen molar-refractivity contribution in [2.45, 2.75) is 45.6 Å². The number of rotatable bonds is 5. The molecular formula is C20H25N3O3S. The number of fused-ring (bicyclic) bond motifs is 1. The number of hydrogen-bond donors (Lipinski definition) is 0. The predicted octanol–water partition coefficient (Wildman–Crippen LogP) is 3.30. The number of likely N-dealkylation sites (tertiary alicyclic amines) is 1. The molecule has 2 aromatic rings. The van der Waals surface area contributed by atoms with Crippen LogP contribution in [0.1, 0.15) is 59.4 Å². The number of carbonyl (C=O) groups is 2. The zero-order valence-corrected chi connectivity index (χ0v) is 16.6. The summed E-state index contributed by atoms with van der Waals surface area (Å²) in [6, 6.07) is 3.79. The monoisotopic (exact) mass is 387 g/mol. The Kier molecular flexibility index (Phi) is 5.04. The SMILES string of the molecule is CC(C)CN1CCc2onc(C3CCCN3C(=O)Cc3cccs3)c2C1=O. The van der Waals surface area contributed by atoms with E-state index in [0.717, 1.165) is 24.3 Å². The summed E-state index contributed by atoms with van der Waals surface area (Å²) < 4.78 is 5.52. The predicted molar refractivity (Wildman–Crippen MR) is 103 cm³/mol. The number of aromatic nitrogens is 1. The third-order valence-corrected chi connectivity index (χ3v) is 6.16. The van der Waals surface area contributed by atoms with Crippen LogP contribution in [-0.2, 0) is 17.6 Å². The van der Waals surface area contributed by atoms with Gasteiger partial charge in [-0.25, -0.2) is 0 Å². The number of amides is 2. The standard InChI is InChI=1S/C20H25N3O3S/c1-13(2)12-22-9-7-16-18(20(22)25)19(21-26-16)15-6-3-8-23(15)17(24)11-14-5-4-10-27-14/h4-5,10,13,15H,3,6-9,11-12H2,1-2H3. The van der Waals surface area contributed by atoms with E-state index in [9.17, 15) is 9.59 Å². The van der Waals surface area contributed by atoms with Crippen LogP contribution in [0.15, 0.2) is 22.0 Å². The van der Waals surface area contributed by atoms with Gasteiger partial charge in [0, 0.05) is 30.9 Å². The zero-order valence-electron chi connectivity index (χ0n) is 15.8. The number of carbonyl (C=O) groups excluding carboxylic acids is 2. The highest BCUT2D eigenvalue weighted by Crippen LogP contribution is 2.36. The topological polar surface area (TPSA) is 66.7 Å². The second-order valence-electron chi connectivity index (χ2n) is 7.76. The molecule has 0 aliphatic carbocycles. The van der Waals surface area contributed by atoms with Crippen LogP contribution in [0.5, 0.6) is 0 Å². The first-order chi connectivity index (χ1) is 13.0. The molecule has 0 N–H and O–H groups in total. The number of nitrogens with zero attached hydrogens (tertiary/aromatic N) is 3. The zero-order chi connectivity index (χ0) is 19.0. The Bertz CT molecular complexity index is 828. The fourth-order valence-electron chi connectivity index (χ4n) is 4.09. The van der Waals surface area contributed by atoms with E-state index in [1.807, 2.05) is 27.3 Å². The highest BCUT2D eigenvalue weighted by atomic mass is 32.1. The maximum Gasteiger partial charge on any atom is 0.259 e. The lowest BCUT2D eigenvalue weighted by Gasteiger charge is -2.29. The molecule has 4 heterocycles. The molecular weight excluding hydrogens is 362 g/mol. The van der Waals surface area contributed by atoms with Crippen molar-refractivity contribution in [2.75, 3.05) is 19.6 Å². The van der Waals surface area contributed by atoms with Crippen molar-refractivity contribution in [3.63, 3.8) is 0 Å². The lowest BCUT2D eigenvalue weighted by molar-refractivity contribution is -0.131. The van der Waals surface area contributed by atoms with Crippen LogP contribution < -0.4 is 0 Å². The summed E-state index contributed by atoms with van der Waals surface area (Å²) >= 11 is 1.60. The van der Waals surface area contributed by atoms with Gasteiger partial charge in [-0.1, -0.05) is 25.1 Å². The molecule has 7 heteroatoms. The first kappa shape index (κ1) is 18.2. The van der Waals surface area contributed by atoms with Crippen molar-refractivity contribution in [1.82, 2.24) is 15.0 Å². The largest absolute Gasteiger partial charge is 0.360 e. The summed E-state index contributed by atoms with van der Waals surface area (Å²) in [7, 11) is 0. The van der Waals surface area contributed by atoms with Gasteiger partial charge in [0.05, 0.1) is 12.5 Å². The summed E-state index contributed by atoms with van der Waals surface area (Å²) in [5.41, 5.74) is 1.25. The lowest BCUT2D eigenvalue weighted by Crippen LogP contribution is -2.40. The Balaban J connectivity index is 1.57. The average Bonchev–Trinajstić information content (AvgIpc) is 3.35. The molecule has 1 fully saturated rings. The van der Waals surface area contributed by atoms with Crippen molar-refractivity contribution in [3.8, 4) is 0 Å². The molecule has 0 spiro atoms. The van der Waals surface area contributed by atoms with E-state index >= 15 is 0 Å². The Labute approximate surface area is 163 Å². The molecule has 1 unspecified atom stereocenters. The molecule has 144 valence electrons. The van der Waals surface area contributed by atoms with Gasteiger partial charge in [-0.15, -0.1) is 11.3 Å². The molecule has 1 saturated heterocycles. The average molecular weight is 388 g/mol. The van der Waals surface area contributed by atoms with E-state index in [2.05, 4.69) is 19.0 Å². The number of thiophene rings is 1. The number of hydrogen-bond acceptors (Lipinski definition) is 5. The molecule has 2 aliphatic rings. The van der Waals surface area contributed by atoms with Crippen LogP contribution in [0.25, 0.3) is 0 Å². The van der Waals surface area contributed by atoms with E-state index in [1.165, 1.54) is 0 Å². The van der Waals surface area contributed by atoms with Crippen molar-refractivity contribution in [2.24, 2.45) is 5.92 Å². The highest BCUT2D eigenvalue weighted by molar-refractivity contribution is 7.10. The minimum Gasteiger partial charge on any atom is -0.360 e. The van der Waals surface area contributed by atoms with E-state index in [-0.39, 0.29) is 17.9 Å². The van der Waals surface area contributed by atoms with Crippen molar-refractivity contribution >= 4 is 23.2 Å². The fourth-order valence-corrected chi connectivity index (χ4v) is 4.79. The normalized spacial score (nSPS) is 19.8. The summed E-state index contributed by atoms with van der Waals surface area (Å²) in [6.07, 6.45) is 2.84. The van der Waals surface area contributed by atoms with Gasteiger partial charge in [-0.05, 0) is 30.2 Å². The summed E-state index contributed by atoms with van der Waals surface area (Å²) in [6.45, 7) is 6.33. The smallest absolute Gasteiger partial charge is 0.259 e. The van der Waals surface area contributed by atoms with Crippen LogP contribution in [0.2, 0.25) is 0 Å². The summed E-state index contributed by atoms with van der Waals surface area (Å²) in [5, 5.41) is 6.25. The van der Waals surface area contributed by atoms with Crippen LogP contribution in [0, 0.1) is 5.92 Å². The molecule has 2 aliphatic heterocycles. The van der Waals surface area contributed by atoms with E-state index in [4.69, 9.17) is 4.52 Å². The van der Waals surface area contributed by atoms with Gasteiger partial charge in [0.25, 0.3) is 5.91 Å². The highest BCUT2D eigenvalue weighted by Gasteiger charge is 2.39. The Morgan fingerprint density at radius 1 is 1.41 bits per heavy atom. The molecule has 27 heavy (non-hydrogen) atoms. The molecule has 0 aromatic carbocycles. The van der Waals surface area contributed by atoms with Gasteiger partial charge in [-0.3, -0.25) is 9.59 Å². The van der Waals surface area contributed by atoms with Gasteiger partial charge >= 0.3 is 0 Å². The Morgan fingerprint density at radius 3 is 3.00 bits per heavy atom. The van der Waals surface area contributed by atoms with E-state index in [0.29, 0.717) is 48.9 Å². The minimum absolute atomic E-state index is 0.00115. The molecule has 0 bridgehead atoms. The Morgan fingerprint density at radius 2 is 2.26 bits per heavy atom. The van der Waals surface area contributed by atoms with Crippen LogP contribution >= 0.6 is 11.3 Å². The third kappa shape index (κ3) is 3.52. The maximum absolute atomic E-state index is 13.0. The van der Waals surface area contributed by atoms with Crippen LogP contribution in [-0.4, -0.2) is 46.4 Å². The lowest BCUT2D eigenvalue weighted by atomic mass is 9.99. The van der Waals surface area contributed by atoms with Crippen molar-refractivity contribution in [1.29, 1.82) is 0 Å². The minimum atomic E-state index is -0.159. The molecule has 0 radical (unpaired) electrons. The maximum atomic E-state index is 13.0. The Hall–Kier alpha value is -2.15. The van der Waals surface area contributed by atoms with Gasteiger partial charge in [0.15, 0.2) is 5.76 Å². The van der Waals surface area contributed by atoms with Crippen LogP contribution in [0.4, 0.5) is 0 Å². The molecule has 1 atom stereocenters. The van der Waals surface area contributed by atoms with Gasteiger partial charge in [0.2, 0.25) is 5.91 Å². The summed E-state index contributed by atoms with van der Waals surface area (Å²) in [5.74, 6) is 1.18.